The zero-order valence-corrected chi connectivity index (χ0v) is 3.99. The predicted octanol–water partition coefficient (Wildman–Crippen LogP) is 2.39. The van der Waals surface area contributed by atoms with Crippen LogP contribution in [0.25, 0.3) is 0 Å². The fraction of sp³-hybridized carbons (Fsp3) is 1.00. The molecule has 0 N–H and O–H groups in total. The van der Waals surface area contributed by atoms with Crippen LogP contribution in [0.15, 0.2) is 0 Å². The molecule has 0 aromatic carbocycles. The van der Waals surface area contributed by atoms with Gasteiger partial charge in [-0.3, -0.25) is 0 Å². The van der Waals surface area contributed by atoms with Gasteiger partial charge in [0.25, 0.3) is 0 Å². The van der Waals surface area contributed by atoms with E-state index >= 15 is 0 Å². The molecule has 0 nitrogen and oxygen atoms in total. The fourth-order valence-electron chi connectivity index (χ4n) is 0. The van der Waals surface area contributed by atoms with Crippen LogP contribution in [0.5, 0.6) is 0 Å². The normalized spacial score (nSPS) is 12.0. The van der Waals surface area contributed by atoms with Crippen molar-refractivity contribution in [1.82, 2.24) is 0 Å². The number of hydrogen-bond acceptors (Lipinski definition) is 1. The molecular formula is CClF3S. The number of alkyl halides is 3. The van der Waals surface area contributed by atoms with Gasteiger partial charge in [0.2, 0.25) is 0 Å². The molecule has 0 heterocycles. The van der Waals surface area contributed by atoms with E-state index in [4.69, 9.17) is 0 Å². The Hall–Kier alpha value is 0.430. The molecule has 0 bridgehead atoms. The molecule has 38 valence electrons. The van der Waals surface area contributed by atoms with Gasteiger partial charge in [0.1, 0.15) is 12.1 Å². The van der Waals surface area contributed by atoms with Gasteiger partial charge in [0.05, 0.1) is 0 Å². The lowest BCUT2D eigenvalue weighted by Crippen LogP contribution is -1.91. The Kier molecular flexibility index (Phi) is 2.07. The molecule has 0 radical (unpaired) electrons. The summed E-state index contributed by atoms with van der Waals surface area (Å²) in [6.07, 6.45) is 0. The van der Waals surface area contributed by atoms with E-state index in [0.717, 1.165) is 0 Å². The maximum Gasteiger partial charge on any atom is 0.400 e. The lowest BCUT2D eigenvalue weighted by atomic mass is 11.6. The molecule has 5 heteroatoms. The molecule has 0 aliphatic heterocycles. The number of hydrogen-bond donors (Lipinski definition) is 0. The van der Waals surface area contributed by atoms with Crippen molar-refractivity contribution in [2.45, 2.75) is 4.71 Å². The third kappa shape index (κ3) is 4.43. The molecular weight excluding hydrogens is 137 g/mol. The van der Waals surface area contributed by atoms with Crippen molar-refractivity contribution in [3.63, 3.8) is 0 Å². The summed E-state index contributed by atoms with van der Waals surface area (Å²) < 4.78 is 28.4. The van der Waals surface area contributed by atoms with Gasteiger partial charge < -0.3 is 0 Å². The Morgan fingerprint density at radius 3 is 1.67 bits per heavy atom. The molecule has 0 amide bonds. The Labute approximate surface area is 42.0 Å². The Bertz CT molecular complexity index is 40.5. The minimum absolute atomic E-state index is 1.19. The number of rotatable bonds is 1. The Morgan fingerprint density at radius 2 is 1.67 bits per heavy atom. The third-order valence-electron chi connectivity index (χ3n) is 0.0875. The molecule has 0 saturated heterocycles. The van der Waals surface area contributed by atoms with Crippen LogP contribution in [0, 0.1) is 0 Å². The highest BCUT2D eigenvalue weighted by atomic mass is 35.5. The Morgan fingerprint density at radius 1 is 1.50 bits per heavy atom. The largest absolute Gasteiger partial charge is 0.400 e. The van der Waals surface area contributed by atoms with Crippen LogP contribution in [0.4, 0.5) is 12.7 Å². The molecule has 0 unspecified atom stereocenters. The first-order chi connectivity index (χ1) is 2.56. The standard InChI is InChI=1S/CClF3S/c2-1(3,4)6-5. The van der Waals surface area contributed by atoms with Crippen molar-refractivity contribution in [3.8, 4) is 0 Å². The highest BCUT2D eigenvalue weighted by Gasteiger charge is 2.25. The summed E-state index contributed by atoms with van der Waals surface area (Å²) in [6, 6.07) is 0. The zero-order chi connectivity index (χ0) is 5.21. The van der Waals surface area contributed by atoms with E-state index < -0.39 is 16.9 Å². The first-order valence-corrected chi connectivity index (χ1v) is 2.02. The third-order valence-corrected chi connectivity index (χ3v) is 0.437. The van der Waals surface area contributed by atoms with E-state index in [9.17, 15) is 12.7 Å². The smallest absolute Gasteiger partial charge is 0.174 e. The fourth-order valence-corrected chi connectivity index (χ4v) is 0. The van der Waals surface area contributed by atoms with E-state index in [0.29, 0.717) is 0 Å². The van der Waals surface area contributed by atoms with Crippen molar-refractivity contribution in [3.05, 3.63) is 0 Å². The minimum Gasteiger partial charge on any atom is -0.174 e. The quantitative estimate of drug-likeness (QED) is 0.499. The molecule has 0 aliphatic carbocycles. The molecule has 6 heavy (non-hydrogen) atoms. The van der Waals surface area contributed by atoms with Gasteiger partial charge in [0.15, 0.2) is 0 Å². The predicted molar refractivity (Wildman–Crippen MR) is 19.5 cm³/mol. The maximum absolute atomic E-state index is 10.8. The minimum atomic E-state index is -3.74. The Balaban J connectivity index is 3.17. The monoisotopic (exact) mass is 136 g/mol. The van der Waals surface area contributed by atoms with E-state index in [-0.39, 0.29) is 0 Å². The van der Waals surface area contributed by atoms with Crippen LogP contribution in [-0.2, 0) is 0 Å². The summed E-state index contributed by atoms with van der Waals surface area (Å²) in [4.78, 5) is 0. The molecule has 0 rings (SSSR count). The van der Waals surface area contributed by atoms with Crippen LogP contribution in [0.2, 0.25) is 0 Å². The van der Waals surface area contributed by atoms with Crippen molar-refractivity contribution in [2.75, 3.05) is 0 Å². The second-order valence-corrected chi connectivity index (χ2v) is 1.89. The van der Waals surface area contributed by atoms with Gasteiger partial charge in [-0.2, -0.15) is 12.7 Å². The van der Waals surface area contributed by atoms with Crippen molar-refractivity contribution in [2.24, 2.45) is 0 Å². The van der Waals surface area contributed by atoms with Crippen LogP contribution < -0.4 is 0 Å². The first kappa shape index (κ1) is 6.43. The van der Waals surface area contributed by atoms with Crippen LogP contribution in [0.3, 0.4) is 0 Å². The zero-order valence-electron chi connectivity index (χ0n) is 2.42. The van der Waals surface area contributed by atoms with E-state index in [1.807, 2.05) is 0 Å². The van der Waals surface area contributed by atoms with Gasteiger partial charge in [-0.15, -0.1) is 0 Å². The molecule has 0 aliphatic rings. The van der Waals surface area contributed by atoms with Gasteiger partial charge in [0, 0.05) is 0 Å². The molecule has 0 aromatic rings. The van der Waals surface area contributed by atoms with Gasteiger partial charge in [-0.05, 0) is 11.6 Å². The number of halogens is 4. The van der Waals surface area contributed by atoms with E-state index in [1.165, 1.54) is 0 Å². The SMILES string of the molecule is FSC(F)(F)Cl. The van der Waals surface area contributed by atoms with Gasteiger partial charge in [-0.1, -0.05) is 0 Å². The summed E-state index contributed by atoms with van der Waals surface area (Å²) in [5.74, 6) is 0. The lowest BCUT2D eigenvalue weighted by Gasteiger charge is -1.93. The van der Waals surface area contributed by atoms with Crippen molar-refractivity contribution >= 4 is 23.7 Å². The van der Waals surface area contributed by atoms with Crippen molar-refractivity contribution < 1.29 is 12.7 Å². The van der Waals surface area contributed by atoms with Crippen LogP contribution >= 0.6 is 23.7 Å². The average Bonchev–Trinajstić information content (AvgIpc) is 1.35. The van der Waals surface area contributed by atoms with Crippen LogP contribution in [0.1, 0.15) is 0 Å². The first-order valence-electron chi connectivity index (χ1n) is 0.925. The summed E-state index contributed by atoms with van der Waals surface area (Å²) in [5.41, 5.74) is 0. The maximum atomic E-state index is 10.8. The summed E-state index contributed by atoms with van der Waals surface area (Å²) in [5, 5.41) is 0. The molecule has 0 saturated carbocycles. The second-order valence-electron chi connectivity index (χ2n) is 0.523. The van der Waals surface area contributed by atoms with Crippen molar-refractivity contribution in [1.29, 1.82) is 0 Å². The van der Waals surface area contributed by atoms with Gasteiger partial charge in [-0.25, -0.2) is 0 Å². The van der Waals surface area contributed by atoms with Crippen LogP contribution in [-0.4, -0.2) is 4.71 Å². The highest BCUT2D eigenvalue weighted by Crippen LogP contribution is 2.33. The van der Waals surface area contributed by atoms with E-state index in [1.54, 1.807) is 0 Å². The average molecular weight is 137 g/mol. The molecule has 0 aromatic heterocycles. The topological polar surface area (TPSA) is 0 Å². The van der Waals surface area contributed by atoms with Gasteiger partial charge >= 0.3 is 4.71 Å². The molecule has 0 fully saturated rings. The molecule has 0 atom stereocenters. The second kappa shape index (κ2) is 1.93. The summed E-state index contributed by atoms with van der Waals surface area (Å²) >= 11 is 2.79. The summed E-state index contributed by atoms with van der Waals surface area (Å²) in [6.45, 7) is 0. The summed E-state index contributed by atoms with van der Waals surface area (Å²) in [7, 11) is 0. The highest BCUT2D eigenvalue weighted by molar-refractivity contribution is 7.96. The molecule has 0 spiro atoms. The lowest BCUT2D eigenvalue weighted by molar-refractivity contribution is 0.199. The van der Waals surface area contributed by atoms with E-state index in [2.05, 4.69) is 11.6 Å².